The van der Waals surface area contributed by atoms with Crippen molar-refractivity contribution >= 4 is 0 Å². The highest BCUT2D eigenvalue weighted by atomic mass is 16.6. The van der Waals surface area contributed by atoms with Crippen molar-refractivity contribution in [1.29, 1.82) is 0 Å². The summed E-state index contributed by atoms with van der Waals surface area (Å²) in [6.07, 6.45) is 3.87. The monoisotopic (exact) mass is 470 g/mol. The maximum atomic E-state index is 6.59. The van der Waals surface area contributed by atoms with E-state index in [1.54, 1.807) is 0 Å². The molecule has 35 heavy (non-hydrogen) atoms. The first-order valence-corrected chi connectivity index (χ1v) is 12.7. The van der Waals surface area contributed by atoms with Crippen molar-refractivity contribution in [3.8, 4) is 0 Å². The van der Waals surface area contributed by atoms with Crippen LogP contribution in [0, 0.1) is 0 Å². The van der Waals surface area contributed by atoms with Crippen LogP contribution < -0.4 is 0 Å². The van der Waals surface area contributed by atoms with E-state index in [1.807, 2.05) is 54.6 Å². The van der Waals surface area contributed by atoms with E-state index in [2.05, 4.69) is 36.4 Å². The lowest BCUT2D eigenvalue weighted by molar-refractivity contribution is -0.0894. The van der Waals surface area contributed by atoms with Crippen molar-refractivity contribution in [1.82, 2.24) is 0 Å². The molecule has 3 aromatic carbocycles. The molecule has 0 N–H and O–H groups in total. The lowest BCUT2D eigenvalue weighted by atomic mass is 10.1. The molecule has 3 atom stereocenters. The zero-order valence-electron chi connectivity index (χ0n) is 20.2. The van der Waals surface area contributed by atoms with E-state index in [9.17, 15) is 0 Å². The third kappa shape index (κ3) is 6.40. The number of rotatable bonds is 10. The first-order valence-electron chi connectivity index (χ1n) is 12.7. The Bertz CT molecular complexity index is 1060. The van der Waals surface area contributed by atoms with Crippen LogP contribution in [-0.4, -0.2) is 24.9 Å². The molecule has 0 radical (unpaired) electrons. The molecule has 0 spiro atoms. The van der Waals surface area contributed by atoms with Crippen molar-refractivity contribution in [2.24, 2.45) is 0 Å². The molecule has 2 aliphatic rings. The zero-order valence-corrected chi connectivity index (χ0v) is 20.2. The Labute approximate surface area is 208 Å². The maximum Gasteiger partial charge on any atom is 0.151 e. The maximum absolute atomic E-state index is 6.59. The molecule has 4 heteroatoms. The van der Waals surface area contributed by atoms with Gasteiger partial charge in [-0.05, 0) is 47.9 Å². The van der Waals surface area contributed by atoms with E-state index in [4.69, 9.17) is 18.9 Å². The first kappa shape index (κ1) is 23.8. The van der Waals surface area contributed by atoms with Gasteiger partial charge in [-0.3, -0.25) is 0 Å². The summed E-state index contributed by atoms with van der Waals surface area (Å²) in [7, 11) is 0. The lowest BCUT2D eigenvalue weighted by Crippen LogP contribution is -2.37. The Morgan fingerprint density at radius 2 is 1.14 bits per heavy atom. The number of benzene rings is 3. The molecule has 0 unspecified atom stereocenters. The smallest absolute Gasteiger partial charge is 0.151 e. The fourth-order valence-corrected chi connectivity index (χ4v) is 4.86. The van der Waals surface area contributed by atoms with Crippen LogP contribution in [0.5, 0.6) is 0 Å². The quantitative estimate of drug-likeness (QED) is 0.334. The Kier molecular flexibility index (Phi) is 8.27. The van der Waals surface area contributed by atoms with E-state index in [0.29, 0.717) is 26.4 Å². The summed E-state index contributed by atoms with van der Waals surface area (Å²) in [5.74, 6) is 0.977. The molecular formula is C31H34O4. The van der Waals surface area contributed by atoms with Gasteiger partial charge in [-0.1, -0.05) is 91.0 Å². The van der Waals surface area contributed by atoms with Gasteiger partial charge in [-0.15, -0.1) is 0 Å². The van der Waals surface area contributed by atoms with Crippen LogP contribution in [0.2, 0.25) is 0 Å². The number of hydrogen-bond acceptors (Lipinski definition) is 4. The molecule has 1 heterocycles. The van der Waals surface area contributed by atoms with Gasteiger partial charge in [0.15, 0.2) is 6.10 Å². The van der Waals surface area contributed by atoms with Crippen LogP contribution in [0.25, 0.3) is 0 Å². The van der Waals surface area contributed by atoms with Gasteiger partial charge in [0.25, 0.3) is 0 Å². The molecular weight excluding hydrogens is 436 g/mol. The molecule has 1 aliphatic carbocycles. The average Bonchev–Trinajstić information content (AvgIpc) is 3.56. The second-order valence-corrected chi connectivity index (χ2v) is 9.31. The number of allylic oxidation sites excluding steroid dienone is 1. The normalized spacial score (nSPS) is 21.9. The summed E-state index contributed by atoms with van der Waals surface area (Å²) in [6, 6.07) is 30.8. The van der Waals surface area contributed by atoms with Crippen LogP contribution in [0.4, 0.5) is 0 Å². The molecule has 2 fully saturated rings. The summed E-state index contributed by atoms with van der Waals surface area (Å²) >= 11 is 0. The van der Waals surface area contributed by atoms with Gasteiger partial charge in [0.2, 0.25) is 0 Å². The summed E-state index contributed by atoms with van der Waals surface area (Å²) in [6.45, 7) is 2.04. The topological polar surface area (TPSA) is 36.9 Å². The van der Waals surface area contributed by atoms with Gasteiger partial charge in [0, 0.05) is 0 Å². The Morgan fingerprint density at radius 3 is 1.71 bits per heavy atom. The summed E-state index contributed by atoms with van der Waals surface area (Å²) in [5.41, 5.74) is 4.81. The minimum absolute atomic E-state index is 0.216. The van der Waals surface area contributed by atoms with Crippen molar-refractivity contribution in [2.45, 2.75) is 63.8 Å². The summed E-state index contributed by atoms with van der Waals surface area (Å²) in [5, 5.41) is 0. The molecule has 4 nitrogen and oxygen atoms in total. The third-order valence-corrected chi connectivity index (χ3v) is 6.71. The third-order valence-electron chi connectivity index (χ3n) is 6.71. The Balaban J connectivity index is 1.34. The van der Waals surface area contributed by atoms with Gasteiger partial charge in [-0.25, -0.2) is 0 Å². The van der Waals surface area contributed by atoms with Crippen LogP contribution in [0.3, 0.4) is 0 Å². The zero-order chi connectivity index (χ0) is 23.7. The highest BCUT2D eigenvalue weighted by molar-refractivity contribution is 5.23. The standard InChI is InChI=1S/C31H34O4/c1-4-12-24(13-5-1)20-32-23-28-30(33-21-25-14-6-2-7-15-25)31(29(35-28)27-18-10-11-19-27)34-22-26-16-8-3-9-17-26/h1-9,12-17,28,30-31H,10-11,18-23H2/t28-,30-,31-/m1/s1. The first-order chi connectivity index (χ1) is 17.4. The Morgan fingerprint density at radius 1 is 0.629 bits per heavy atom. The Hall–Kier alpha value is -2.92. The summed E-state index contributed by atoms with van der Waals surface area (Å²) in [4.78, 5) is 0. The van der Waals surface area contributed by atoms with Gasteiger partial charge >= 0.3 is 0 Å². The lowest BCUT2D eigenvalue weighted by Gasteiger charge is -2.23. The molecule has 0 amide bonds. The largest absolute Gasteiger partial charge is 0.487 e. The fraction of sp³-hybridized carbons (Fsp3) is 0.355. The van der Waals surface area contributed by atoms with E-state index >= 15 is 0 Å². The van der Waals surface area contributed by atoms with Crippen LogP contribution >= 0.6 is 0 Å². The number of ether oxygens (including phenoxy) is 4. The van der Waals surface area contributed by atoms with E-state index in [1.165, 1.54) is 18.4 Å². The molecule has 0 bridgehead atoms. The second-order valence-electron chi connectivity index (χ2n) is 9.31. The van der Waals surface area contributed by atoms with E-state index in [-0.39, 0.29) is 18.3 Å². The van der Waals surface area contributed by atoms with Crippen LogP contribution in [-0.2, 0) is 38.8 Å². The van der Waals surface area contributed by atoms with Crippen molar-refractivity contribution in [2.75, 3.05) is 6.61 Å². The average molecular weight is 471 g/mol. The molecule has 0 aromatic heterocycles. The molecule has 3 aromatic rings. The van der Waals surface area contributed by atoms with Crippen molar-refractivity contribution in [3.05, 3.63) is 119 Å². The van der Waals surface area contributed by atoms with Crippen LogP contribution in [0.1, 0.15) is 42.4 Å². The summed E-state index contributed by atoms with van der Waals surface area (Å²) < 4.78 is 25.8. The predicted molar refractivity (Wildman–Crippen MR) is 137 cm³/mol. The van der Waals surface area contributed by atoms with Crippen LogP contribution in [0.15, 0.2) is 102 Å². The highest BCUT2D eigenvalue weighted by Gasteiger charge is 2.45. The van der Waals surface area contributed by atoms with Crippen molar-refractivity contribution < 1.29 is 18.9 Å². The molecule has 182 valence electrons. The molecule has 1 aliphatic heterocycles. The predicted octanol–water partition coefficient (Wildman–Crippen LogP) is 6.60. The van der Waals surface area contributed by atoms with Gasteiger partial charge in [0.1, 0.15) is 18.0 Å². The van der Waals surface area contributed by atoms with Gasteiger partial charge in [-0.2, -0.15) is 0 Å². The molecule has 1 saturated carbocycles. The SMILES string of the molecule is c1ccc(COC[C@H]2OC(=C3CCCC3)[C@@H](OCc3ccccc3)[C@@H]2OCc2ccccc2)cc1. The second kappa shape index (κ2) is 12.2. The van der Waals surface area contributed by atoms with E-state index in [0.717, 1.165) is 35.3 Å². The van der Waals surface area contributed by atoms with Gasteiger partial charge < -0.3 is 18.9 Å². The minimum Gasteiger partial charge on any atom is -0.487 e. The van der Waals surface area contributed by atoms with Crippen molar-refractivity contribution in [3.63, 3.8) is 0 Å². The molecule has 5 rings (SSSR count). The minimum atomic E-state index is -0.239. The number of hydrogen-bond donors (Lipinski definition) is 0. The van der Waals surface area contributed by atoms with Gasteiger partial charge in [0.05, 0.1) is 26.4 Å². The molecule has 1 saturated heterocycles. The fourth-order valence-electron chi connectivity index (χ4n) is 4.86. The highest BCUT2D eigenvalue weighted by Crippen LogP contribution is 2.38. The van der Waals surface area contributed by atoms with E-state index < -0.39 is 0 Å².